The van der Waals surface area contributed by atoms with Gasteiger partial charge in [-0.15, -0.1) is 0 Å². The van der Waals surface area contributed by atoms with Gasteiger partial charge >= 0.3 is 0 Å². The maximum atomic E-state index is 13.5. The zero-order valence-electron chi connectivity index (χ0n) is 21.7. The summed E-state index contributed by atoms with van der Waals surface area (Å²) in [4.78, 5) is 13.0. The molecule has 0 saturated heterocycles. The van der Waals surface area contributed by atoms with Crippen molar-refractivity contribution in [1.29, 1.82) is 0 Å². The Morgan fingerprint density at radius 2 is 1.67 bits per heavy atom. The summed E-state index contributed by atoms with van der Waals surface area (Å²) >= 11 is 12.3. The van der Waals surface area contributed by atoms with Gasteiger partial charge in [-0.25, -0.2) is 13.8 Å². The Balaban J connectivity index is 1.55. The standard InChI is InChI=1S/C29H28Cl2N4O3S/c1-4-22-10-12-24(13-11-22)34(39(37,38)26-8-6-5-7-9-26)19-29(36)33-32-18-23-16-20(2)35(21(23)3)25-14-15-27(30)28(31)17-25/h5-18H,4,19H2,1-3H3,(H,33,36)/b32-18-. The summed E-state index contributed by atoms with van der Waals surface area (Å²) in [6.07, 6.45) is 2.34. The number of amides is 1. The highest BCUT2D eigenvalue weighted by Crippen LogP contribution is 2.27. The van der Waals surface area contributed by atoms with E-state index in [9.17, 15) is 13.2 Å². The van der Waals surface area contributed by atoms with Crippen molar-refractivity contribution in [2.75, 3.05) is 10.8 Å². The second kappa shape index (κ2) is 12.1. The molecule has 39 heavy (non-hydrogen) atoms. The summed E-state index contributed by atoms with van der Waals surface area (Å²) in [5.74, 6) is -0.580. The highest BCUT2D eigenvalue weighted by molar-refractivity contribution is 7.92. The Morgan fingerprint density at radius 3 is 2.31 bits per heavy atom. The average molecular weight is 584 g/mol. The molecule has 0 saturated carbocycles. The molecule has 0 aliphatic rings. The summed E-state index contributed by atoms with van der Waals surface area (Å²) in [7, 11) is -4.00. The third kappa shape index (κ3) is 6.36. The van der Waals surface area contributed by atoms with E-state index in [0.29, 0.717) is 15.7 Å². The number of nitrogens with zero attached hydrogens (tertiary/aromatic N) is 3. The number of aromatic nitrogens is 1. The van der Waals surface area contributed by atoms with E-state index in [1.54, 1.807) is 42.5 Å². The predicted molar refractivity (Wildman–Crippen MR) is 158 cm³/mol. The lowest BCUT2D eigenvalue weighted by molar-refractivity contribution is -0.119. The van der Waals surface area contributed by atoms with Crippen LogP contribution >= 0.6 is 23.2 Å². The van der Waals surface area contributed by atoms with E-state index in [4.69, 9.17) is 23.2 Å². The fourth-order valence-corrected chi connectivity index (χ4v) is 5.95. The van der Waals surface area contributed by atoms with Crippen LogP contribution in [0.2, 0.25) is 10.0 Å². The second-order valence-corrected chi connectivity index (χ2v) is 11.6. The molecule has 0 spiro atoms. The minimum atomic E-state index is -4.00. The summed E-state index contributed by atoms with van der Waals surface area (Å²) in [5, 5.41) is 5.02. The van der Waals surface area contributed by atoms with Crippen molar-refractivity contribution in [3.63, 3.8) is 0 Å². The van der Waals surface area contributed by atoms with Crippen molar-refractivity contribution in [3.8, 4) is 5.69 Å². The van der Waals surface area contributed by atoms with Gasteiger partial charge < -0.3 is 4.57 Å². The first kappa shape index (κ1) is 28.4. The molecule has 0 atom stereocenters. The van der Waals surface area contributed by atoms with Crippen molar-refractivity contribution in [3.05, 3.63) is 111 Å². The quantitative estimate of drug-likeness (QED) is 0.185. The SMILES string of the molecule is CCc1ccc(N(CC(=O)N/N=C\c2cc(C)n(-c3ccc(Cl)c(Cl)c3)c2C)S(=O)(=O)c2ccccc2)cc1. The van der Waals surface area contributed by atoms with Gasteiger partial charge in [0.1, 0.15) is 6.54 Å². The van der Waals surface area contributed by atoms with Crippen molar-refractivity contribution in [1.82, 2.24) is 9.99 Å². The molecule has 1 amide bonds. The fourth-order valence-electron chi connectivity index (χ4n) is 4.21. The number of carbonyl (C=O) groups excluding carboxylic acids is 1. The van der Waals surface area contributed by atoms with Crippen LogP contribution in [0.4, 0.5) is 5.69 Å². The number of hydrogen-bond donors (Lipinski definition) is 1. The van der Waals surface area contributed by atoms with E-state index < -0.39 is 22.5 Å². The van der Waals surface area contributed by atoms with Crippen LogP contribution < -0.4 is 9.73 Å². The zero-order valence-corrected chi connectivity index (χ0v) is 24.1. The monoisotopic (exact) mass is 582 g/mol. The number of aryl methyl sites for hydroxylation is 2. The van der Waals surface area contributed by atoms with Crippen LogP contribution in [0.1, 0.15) is 29.4 Å². The first-order valence-corrected chi connectivity index (χ1v) is 14.4. The summed E-state index contributed by atoms with van der Waals surface area (Å²) in [6.45, 7) is 5.44. The summed E-state index contributed by atoms with van der Waals surface area (Å²) in [5.41, 5.74) is 7.36. The molecule has 10 heteroatoms. The largest absolute Gasteiger partial charge is 0.318 e. The Bertz CT molecular complexity index is 1620. The van der Waals surface area contributed by atoms with Gasteiger partial charge in [-0.2, -0.15) is 5.10 Å². The van der Waals surface area contributed by atoms with Crippen molar-refractivity contribution < 1.29 is 13.2 Å². The van der Waals surface area contributed by atoms with E-state index in [0.717, 1.165) is 38.9 Å². The molecule has 1 aromatic heterocycles. The Kier molecular flexibility index (Phi) is 8.80. The summed E-state index contributed by atoms with van der Waals surface area (Å²) < 4.78 is 30.0. The number of benzene rings is 3. The van der Waals surface area contributed by atoms with E-state index >= 15 is 0 Å². The third-order valence-corrected chi connectivity index (χ3v) is 8.80. The zero-order chi connectivity index (χ0) is 28.2. The smallest absolute Gasteiger partial charge is 0.264 e. The molecular formula is C29H28Cl2N4O3S. The second-order valence-electron chi connectivity index (χ2n) is 8.90. The summed E-state index contributed by atoms with van der Waals surface area (Å²) in [6, 6.07) is 22.4. The molecule has 0 aliphatic heterocycles. The lowest BCUT2D eigenvalue weighted by Gasteiger charge is -2.24. The van der Waals surface area contributed by atoms with Gasteiger partial charge in [-0.1, -0.05) is 60.5 Å². The van der Waals surface area contributed by atoms with Gasteiger partial charge in [0.15, 0.2) is 0 Å². The molecule has 0 radical (unpaired) electrons. The van der Waals surface area contributed by atoms with Gasteiger partial charge in [0, 0.05) is 22.6 Å². The van der Waals surface area contributed by atoms with Crippen LogP contribution in [0, 0.1) is 13.8 Å². The lowest BCUT2D eigenvalue weighted by atomic mass is 10.1. The molecule has 1 N–H and O–H groups in total. The molecule has 7 nitrogen and oxygen atoms in total. The molecule has 0 unspecified atom stereocenters. The van der Waals surface area contributed by atoms with Crippen LogP contribution in [-0.4, -0.2) is 31.7 Å². The first-order chi connectivity index (χ1) is 18.6. The minimum absolute atomic E-state index is 0.0932. The number of nitrogens with one attached hydrogen (secondary N) is 1. The molecule has 3 aromatic carbocycles. The van der Waals surface area contributed by atoms with Crippen LogP contribution in [0.25, 0.3) is 5.69 Å². The molecule has 0 bridgehead atoms. The Morgan fingerprint density at radius 1 is 0.974 bits per heavy atom. The van der Waals surface area contributed by atoms with Crippen LogP contribution in [0.3, 0.4) is 0 Å². The Hall–Kier alpha value is -3.59. The average Bonchev–Trinajstić information content (AvgIpc) is 3.21. The van der Waals surface area contributed by atoms with E-state index in [1.807, 2.05) is 49.6 Å². The molecule has 202 valence electrons. The molecule has 4 rings (SSSR count). The number of sulfonamides is 1. The first-order valence-electron chi connectivity index (χ1n) is 12.2. The molecule has 1 heterocycles. The van der Waals surface area contributed by atoms with Gasteiger partial charge in [0.05, 0.1) is 26.8 Å². The van der Waals surface area contributed by atoms with Gasteiger partial charge in [-0.05, 0) is 74.4 Å². The highest BCUT2D eigenvalue weighted by Gasteiger charge is 2.27. The van der Waals surface area contributed by atoms with Crippen LogP contribution in [-0.2, 0) is 21.2 Å². The number of carbonyl (C=O) groups is 1. The number of halogens is 2. The van der Waals surface area contributed by atoms with E-state index in [-0.39, 0.29) is 4.90 Å². The minimum Gasteiger partial charge on any atom is -0.318 e. The van der Waals surface area contributed by atoms with E-state index in [2.05, 4.69) is 10.5 Å². The molecular weight excluding hydrogens is 555 g/mol. The van der Waals surface area contributed by atoms with Crippen molar-refractivity contribution in [2.24, 2.45) is 5.10 Å². The molecule has 4 aromatic rings. The fraction of sp³-hybridized carbons (Fsp3) is 0.172. The van der Waals surface area contributed by atoms with E-state index in [1.165, 1.54) is 18.3 Å². The topological polar surface area (TPSA) is 83.8 Å². The molecule has 0 aliphatic carbocycles. The van der Waals surface area contributed by atoms with Crippen LogP contribution in [0.5, 0.6) is 0 Å². The van der Waals surface area contributed by atoms with Crippen LogP contribution in [0.15, 0.2) is 88.9 Å². The normalized spacial score (nSPS) is 11.6. The highest BCUT2D eigenvalue weighted by atomic mass is 35.5. The number of hydrazone groups is 1. The Labute approximate surface area is 238 Å². The van der Waals surface area contributed by atoms with Crippen molar-refractivity contribution >= 4 is 51.0 Å². The maximum Gasteiger partial charge on any atom is 0.264 e. The number of rotatable bonds is 9. The van der Waals surface area contributed by atoms with Gasteiger partial charge in [0.25, 0.3) is 15.9 Å². The van der Waals surface area contributed by atoms with Gasteiger partial charge in [0.2, 0.25) is 0 Å². The van der Waals surface area contributed by atoms with Crippen molar-refractivity contribution in [2.45, 2.75) is 32.1 Å². The lowest BCUT2D eigenvalue weighted by Crippen LogP contribution is -2.39. The molecule has 0 fully saturated rings. The predicted octanol–water partition coefficient (Wildman–Crippen LogP) is 6.31. The van der Waals surface area contributed by atoms with Gasteiger partial charge in [-0.3, -0.25) is 9.10 Å². The number of hydrogen-bond acceptors (Lipinski definition) is 4. The maximum absolute atomic E-state index is 13.5. The number of anilines is 1. The third-order valence-electron chi connectivity index (χ3n) is 6.28.